The first-order valence-corrected chi connectivity index (χ1v) is 7.74. The third-order valence-electron chi connectivity index (χ3n) is 4.62. The molecule has 0 N–H and O–H groups in total. The Morgan fingerprint density at radius 1 is 1.25 bits per heavy atom. The molecule has 1 aliphatic rings. The van der Waals surface area contributed by atoms with E-state index in [-0.39, 0.29) is 22.7 Å². The predicted octanol–water partition coefficient (Wildman–Crippen LogP) is 3.80. The fraction of sp³-hybridized carbons (Fsp3) is 0.353. The lowest BCUT2D eigenvalue weighted by Crippen LogP contribution is -2.12. The number of benzene rings is 1. The van der Waals surface area contributed by atoms with Gasteiger partial charge in [-0.05, 0) is 37.0 Å². The van der Waals surface area contributed by atoms with Crippen molar-refractivity contribution in [1.82, 2.24) is 19.9 Å². The zero-order chi connectivity index (χ0) is 16.9. The van der Waals surface area contributed by atoms with Gasteiger partial charge in [-0.25, -0.2) is 8.78 Å². The molecule has 1 aromatic carbocycles. The number of alkyl halides is 2. The summed E-state index contributed by atoms with van der Waals surface area (Å²) < 4.78 is 32.2. The number of hydrogen-bond donors (Lipinski definition) is 0. The van der Waals surface area contributed by atoms with Gasteiger partial charge in [0.15, 0.2) is 11.5 Å². The first-order chi connectivity index (χ1) is 11.5. The Morgan fingerprint density at radius 3 is 2.62 bits per heavy atom. The second-order valence-corrected chi connectivity index (χ2v) is 6.20. The number of nitrogens with zero attached hydrogens (tertiary/aromatic N) is 4. The molecular formula is C17H16F2N4O. The Kier molecular flexibility index (Phi) is 3.26. The molecule has 0 amide bonds. The van der Waals surface area contributed by atoms with E-state index >= 15 is 0 Å². The average molecular weight is 330 g/mol. The van der Waals surface area contributed by atoms with Crippen LogP contribution in [0.4, 0.5) is 8.78 Å². The van der Waals surface area contributed by atoms with Crippen LogP contribution in [0.3, 0.4) is 0 Å². The molecule has 0 bridgehead atoms. The highest BCUT2D eigenvalue weighted by atomic mass is 19.3. The van der Waals surface area contributed by atoms with Crippen molar-refractivity contribution >= 4 is 0 Å². The van der Waals surface area contributed by atoms with E-state index in [1.54, 1.807) is 0 Å². The monoisotopic (exact) mass is 330 g/mol. The molecule has 2 aromatic heterocycles. The molecule has 0 aliphatic heterocycles. The lowest BCUT2D eigenvalue weighted by atomic mass is 9.91. The Hall–Kier alpha value is -2.57. The molecule has 0 atom stereocenters. The van der Waals surface area contributed by atoms with Gasteiger partial charge in [0.2, 0.25) is 0 Å². The van der Waals surface area contributed by atoms with Crippen LogP contribution in [-0.4, -0.2) is 19.9 Å². The molecule has 0 spiro atoms. The maximum absolute atomic E-state index is 12.9. The first-order valence-electron chi connectivity index (χ1n) is 7.74. The van der Waals surface area contributed by atoms with Crippen molar-refractivity contribution in [3.8, 4) is 11.6 Å². The Bertz CT molecular complexity index is 896. The first kappa shape index (κ1) is 15.0. The van der Waals surface area contributed by atoms with E-state index in [2.05, 4.69) is 34.3 Å². The van der Waals surface area contributed by atoms with E-state index in [4.69, 9.17) is 4.52 Å². The molecule has 3 aromatic rings. The second-order valence-electron chi connectivity index (χ2n) is 6.20. The Labute approximate surface area is 137 Å². The molecule has 0 saturated heterocycles. The quantitative estimate of drug-likeness (QED) is 0.730. The number of aryl methyl sites for hydroxylation is 2. The molecule has 24 heavy (non-hydrogen) atoms. The fourth-order valence-electron chi connectivity index (χ4n) is 3.16. The van der Waals surface area contributed by atoms with E-state index in [1.165, 1.54) is 24.2 Å². The molecule has 5 nitrogen and oxygen atoms in total. The minimum absolute atomic E-state index is 0.173. The summed E-state index contributed by atoms with van der Waals surface area (Å²) in [6, 6.07) is 9.42. The van der Waals surface area contributed by atoms with Crippen molar-refractivity contribution in [2.75, 3.05) is 0 Å². The zero-order valence-corrected chi connectivity index (χ0v) is 13.3. The molecule has 0 radical (unpaired) electrons. The minimum atomic E-state index is -2.60. The molecule has 0 unspecified atom stereocenters. The van der Waals surface area contributed by atoms with Crippen molar-refractivity contribution in [2.45, 2.75) is 31.6 Å². The van der Waals surface area contributed by atoms with Crippen LogP contribution in [0.2, 0.25) is 0 Å². The average Bonchev–Trinajstić information content (AvgIpc) is 3.02. The molecule has 4 rings (SSSR count). The standard InChI is InChI=1S/C17H16F2N4O/c1-10-5-3-4-6-11(10)17(7-8-17)16-20-15(24-22-16)12-9-13(14(18)19)23(2)21-12/h3-6,9,14H,7-8H2,1-2H3. The van der Waals surface area contributed by atoms with Crippen molar-refractivity contribution < 1.29 is 13.3 Å². The largest absolute Gasteiger partial charge is 0.332 e. The highest BCUT2D eigenvalue weighted by Gasteiger charge is 2.50. The SMILES string of the molecule is Cc1ccccc1C1(c2noc(-c3cc(C(F)F)n(C)n3)n2)CC1. The van der Waals surface area contributed by atoms with E-state index < -0.39 is 6.43 Å². The van der Waals surface area contributed by atoms with Crippen LogP contribution in [0, 0.1) is 6.92 Å². The maximum atomic E-state index is 12.9. The second kappa shape index (κ2) is 5.22. The summed E-state index contributed by atoms with van der Waals surface area (Å²) in [4.78, 5) is 4.45. The van der Waals surface area contributed by atoms with Gasteiger partial charge < -0.3 is 4.52 Å². The number of halogens is 2. The van der Waals surface area contributed by atoms with Crippen LogP contribution in [-0.2, 0) is 12.5 Å². The normalized spacial score (nSPS) is 15.9. The molecule has 124 valence electrons. The Balaban J connectivity index is 1.71. The van der Waals surface area contributed by atoms with Gasteiger partial charge in [-0.2, -0.15) is 10.1 Å². The lowest BCUT2D eigenvalue weighted by Gasteiger charge is -2.13. The molecule has 2 heterocycles. The van der Waals surface area contributed by atoms with Gasteiger partial charge in [-0.1, -0.05) is 29.4 Å². The maximum Gasteiger partial charge on any atom is 0.280 e. The zero-order valence-electron chi connectivity index (χ0n) is 13.3. The summed E-state index contributed by atoms with van der Waals surface area (Å²) >= 11 is 0. The number of hydrogen-bond acceptors (Lipinski definition) is 4. The summed E-state index contributed by atoms with van der Waals surface area (Å²) in [5, 5.41) is 8.15. The summed E-state index contributed by atoms with van der Waals surface area (Å²) in [6.45, 7) is 2.06. The topological polar surface area (TPSA) is 56.7 Å². The highest BCUT2D eigenvalue weighted by molar-refractivity contribution is 5.50. The van der Waals surface area contributed by atoms with Crippen LogP contribution in [0.1, 0.15) is 41.9 Å². The van der Waals surface area contributed by atoms with Gasteiger partial charge in [0.25, 0.3) is 12.3 Å². The minimum Gasteiger partial charge on any atom is -0.332 e. The van der Waals surface area contributed by atoms with Crippen LogP contribution in [0.15, 0.2) is 34.9 Å². The van der Waals surface area contributed by atoms with Gasteiger partial charge in [0.05, 0.1) is 5.41 Å². The van der Waals surface area contributed by atoms with Crippen LogP contribution < -0.4 is 0 Å². The number of aromatic nitrogens is 4. The van der Waals surface area contributed by atoms with Gasteiger partial charge in [0, 0.05) is 7.05 Å². The molecule has 1 aliphatic carbocycles. The van der Waals surface area contributed by atoms with Crippen molar-refractivity contribution in [1.29, 1.82) is 0 Å². The highest BCUT2D eigenvalue weighted by Crippen LogP contribution is 2.53. The molecule has 1 fully saturated rings. The predicted molar refractivity (Wildman–Crippen MR) is 82.7 cm³/mol. The van der Waals surface area contributed by atoms with Gasteiger partial charge >= 0.3 is 0 Å². The lowest BCUT2D eigenvalue weighted by molar-refractivity contribution is 0.141. The fourth-order valence-corrected chi connectivity index (χ4v) is 3.16. The van der Waals surface area contributed by atoms with Crippen molar-refractivity contribution in [2.24, 2.45) is 7.05 Å². The van der Waals surface area contributed by atoms with Gasteiger partial charge in [-0.15, -0.1) is 0 Å². The van der Waals surface area contributed by atoms with Crippen molar-refractivity contribution in [3.63, 3.8) is 0 Å². The van der Waals surface area contributed by atoms with E-state index in [0.29, 0.717) is 5.82 Å². The van der Waals surface area contributed by atoms with Gasteiger partial charge in [0.1, 0.15) is 5.69 Å². The van der Waals surface area contributed by atoms with Crippen LogP contribution >= 0.6 is 0 Å². The third-order valence-corrected chi connectivity index (χ3v) is 4.62. The van der Waals surface area contributed by atoms with Gasteiger partial charge in [-0.3, -0.25) is 4.68 Å². The van der Waals surface area contributed by atoms with Crippen LogP contribution in [0.25, 0.3) is 11.6 Å². The van der Waals surface area contributed by atoms with E-state index in [0.717, 1.165) is 17.5 Å². The molecule has 7 heteroatoms. The molecular weight excluding hydrogens is 314 g/mol. The van der Waals surface area contributed by atoms with Crippen molar-refractivity contribution in [3.05, 3.63) is 53.0 Å². The van der Waals surface area contributed by atoms with Crippen LogP contribution in [0.5, 0.6) is 0 Å². The van der Waals surface area contributed by atoms with E-state index in [1.807, 2.05) is 12.1 Å². The third kappa shape index (κ3) is 2.23. The summed E-state index contributed by atoms with van der Waals surface area (Å²) in [5.74, 6) is 0.767. The smallest absolute Gasteiger partial charge is 0.280 e. The van der Waals surface area contributed by atoms with E-state index in [9.17, 15) is 8.78 Å². The summed E-state index contributed by atoms with van der Waals surface area (Å²) in [7, 11) is 1.47. The molecule has 1 saturated carbocycles. The summed E-state index contributed by atoms with van der Waals surface area (Å²) in [6.07, 6.45) is -0.705. The summed E-state index contributed by atoms with van der Waals surface area (Å²) in [5.41, 5.74) is 2.23. The Morgan fingerprint density at radius 2 is 2.00 bits per heavy atom. The number of rotatable bonds is 4.